The summed E-state index contributed by atoms with van der Waals surface area (Å²) in [5.41, 5.74) is 1.15. The predicted octanol–water partition coefficient (Wildman–Crippen LogP) is 2.59. The van der Waals surface area contributed by atoms with Crippen LogP contribution in [0, 0.1) is 0 Å². The molecule has 1 rings (SSSR count). The molecule has 0 heterocycles. The Balaban J connectivity index is 2.15. The van der Waals surface area contributed by atoms with Crippen molar-refractivity contribution >= 4 is 27.5 Å². The van der Waals surface area contributed by atoms with E-state index >= 15 is 0 Å². The fraction of sp³-hybridized carbons (Fsp3) is 0.500. The van der Waals surface area contributed by atoms with E-state index in [0.29, 0.717) is 13.2 Å². The van der Waals surface area contributed by atoms with Crippen molar-refractivity contribution in [2.24, 2.45) is 0 Å². The SMILES string of the molecule is OCCOCCCNCc1cc(Cl)ccc1Br. The van der Waals surface area contributed by atoms with Crippen LogP contribution in [-0.4, -0.2) is 31.5 Å². The molecule has 0 aliphatic carbocycles. The molecule has 0 aliphatic heterocycles. The molecule has 0 amide bonds. The maximum atomic E-state index is 8.52. The number of ether oxygens (including phenoxy) is 1. The molecule has 3 nitrogen and oxygen atoms in total. The quantitative estimate of drug-likeness (QED) is 0.723. The summed E-state index contributed by atoms with van der Waals surface area (Å²) in [6, 6.07) is 5.75. The summed E-state index contributed by atoms with van der Waals surface area (Å²) in [5, 5.41) is 12.6. The number of hydrogen-bond acceptors (Lipinski definition) is 3. The van der Waals surface area contributed by atoms with Crippen molar-refractivity contribution < 1.29 is 9.84 Å². The smallest absolute Gasteiger partial charge is 0.0697 e. The van der Waals surface area contributed by atoms with Crippen LogP contribution in [0.3, 0.4) is 0 Å². The van der Waals surface area contributed by atoms with Gasteiger partial charge in [-0.25, -0.2) is 0 Å². The van der Waals surface area contributed by atoms with Gasteiger partial charge in [0.05, 0.1) is 13.2 Å². The standard InChI is InChI=1S/C12H17BrClNO2/c13-12-3-2-11(14)8-10(12)9-15-4-1-6-17-7-5-16/h2-3,8,15-16H,1,4-7,9H2. The highest BCUT2D eigenvalue weighted by molar-refractivity contribution is 9.10. The number of halogens is 2. The van der Waals surface area contributed by atoms with Gasteiger partial charge in [0, 0.05) is 22.6 Å². The highest BCUT2D eigenvalue weighted by atomic mass is 79.9. The van der Waals surface area contributed by atoms with E-state index in [4.69, 9.17) is 21.4 Å². The number of nitrogens with one attached hydrogen (secondary N) is 1. The van der Waals surface area contributed by atoms with Gasteiger partial charge < -0.3 is 15.2 Å². The first-order valence-electron chi connectivity index (χ1n) is 5.57. The summed E-state index contributed by atoms with van der Waals surface area (Å²) in [4.78, 5) is 0. The van der Waals surface area contributed by atoms with Crippen LogP contribution >= 0.6 is 27.5 Å². The number of hydrogen-bond donors (Lipinski definition) is 2. The monoisotopic (exact) mass is 321 g/mol. The van der Waals surface area contributed by atoms with Crippen molar-refractivity contribution in [3.8, 4) is 0 Å². The molecule has 0 aromatic heterocycles. The lowest BCUT2D eigenvalue weighted by atomic mass is 10.2. The largest absolute Gasteiger partial charge is 0.394 e. The first kappa shape index (κ1) is 14.9. The van der Waals surface area contributed by atoms with Crippen LogP contribution in [0.15, 0.2) is 22.7 Å². The van der Waals surface area contributed by atoms with Gasteiger partial charge >= 0.3 is 0 Å². The van der Waals surface area contributed by atoms with Gasteiger partial charge in [0.25, 0.3) is 0 Å². The first-order valence-corrected chi connectivity index (χ1v) is 6.74. The van der Waals surface area contributed by atoms with Crippen LogP contribution in [0.1, 0.15) is 12.0 Å². The van der Waals surface area contributed by atoms with Crippen LogP contribution in [-0.2, 0) is 11.3 Å². The third kappa shape index (κ3) is 6.38. The Morgan fingerprint density at radius 1 is 1.35 bits per heavy atom. The van der Waals surface area contributed by atoms with Crippen molar-refractivity contribution in [3.63, 3.8) is 0 Å². The van der Waals surface area contributed by atoms with Gasteiger partial charge in [0.2, 0.25) is 0 Å². The van der Waals surface area contributed by atoms with Gasteiger partial charge in [-0.05, 0) is 36.7 Å². The lowest BCUT2D eigenvalue weighted by Crippen LogP contribution is -2.17. The Labute approximate surface area is 115 Å². The van der Waals surface area contributed by atoms with E-state index in [-0.39, 0.29) is 6.61 Å². The molecule has 0 radical (unpaired) electrons. The molecule has 1 aromatic rings. The van der Waals surface area contributed by atoms with Crippen LogP contribution in [0.5, 0.6) is 0 Å². The number of benzene rings is 1. The first-order chi connectivity index (χ1) is 8.24. The second-order valence-corrected chi connectivity index (χ2v) is 4.89. The molecule has 17 heavy (non-hydrogen) atoms. The maximum Gasteiger partial charge on any atom is 0.0697 e. The van der Waals surface area contributed by atoms with Crippen molar-refractivity contribution in [3.05, 3.63) is 33.3 Å². The molecule has 0 unspecified atom stereocenters. The Morgan fingerprint density at radius 3 is 2.94 bits per heavy atom. The van der Waals surface area contributed by atoms with E-state index in [2.05, 4.69) is 21.2 Å². The predicted molar refractivity (Wildman–Crippen MR) is 73.4 cm³/mol. The van der Waals surface area contributed by atoms with Crippen LogP contribution in [0.4, 0.5) is 0 Å². The fourth-order valence-electron chi connectivity index (χ4n) is 1.37. The van der Waals surface area contributed by atoms with E-state index in [9.17, 15) is 0 Å². The number of aliphatic hydroxyl groups is 1. The zero-order chi connectivity index (χ0) is 12.5. The summed E-state index contributed by atoms with van der Waals surface area (Å²) < 4.78 is 6.22. The Bertz CT molecular complexity index is 336. The van der Waals surface area contributed by atoms with Crippen LogP contribution in [0.25, 0.3) is 0 Å². The highest BCUT2D eigenvalue weighted by Crippen LogP contribution is 2.20. The molecule has 0 atom stereocenters. The Morgan fingerprint density at radius 2 is 2.18 bits per heavy atom. The zero-order valence-corrected chi connectivity index (χ0v) is 11.9. The second-order valence-electron chi connectivity index (χ2n) is 3.60. The Kier molecular flexibility index (Phi) is 7.81. The minimum Gasteiger partial charge on any atom is -0.394 e. The van der Waals surface area contributed by atoms with Crippen molar-refractivity contribution in [1.82, 2.24) is 5.32 Å². The molecule has 5 heteroatoms. The summed E-state index contributed by atoms with van der Waals surface area (Å²) in [6.45, 7) is 2.83. The van der Waals surface area contributed by atoms with Gasteiger partial charge in [-0.1, -0.05) is 27.5 Å². The van der Waals surface area contributed by atoms with Gasteiger partial charge in [0.1, 0.15) is 0 Å². The van der Waals surface area contributed by atoms with E-state index in [1.165, 1.54) is 0 Å². The molecule has 96 valence electrons. The topological polar surface area (TPSA) is 41.5 Å². The third-order valence-corrected chi connectivity index (χ3v) is 3.21. The molecule has 0 saturated carbocycles. The molecular formula is C12H17BrClNO2. The van der Waals surface area contributed by atoms with E-state index in [0.717, 1.165) is 34.6 Å². The van der Waals surface area contributed by atoms with Gasteiger partial charge in [-0.15, -0.1) is 0 Å². The van der Waals surface area contributed by atoms with Crippen molar-refractivity contribution in [1.29, 1.82) is 0 Å². The lowest BCUT2D eigenvalue weighted by Gasteiger charge is -2.07. The fourth-order valence-corrected chi connectivity index (χ4v) is 1.95. The average Bonchev–Trinajstić information content (AvgIpc) is 2.32. The highest BCUT2D eigenvalue weighted by Gasteiger charge is 2.00. The Hall–Kier alpha value is -0.130. The van der Waals surface area contributed by atoms with Crippen LogP contribution < -0.4 is 5.32 Å². The minimum absolute atomic E-state index is 0.0862. The summed E-state index contributed by atoms with van der Waals surface area (Å²) >= 11 is 9.40. The third-order valence-electron chi connectivity index (χ3n) is 2.20. The number of rotatable bonds is 8. The average molecular weight is 323 g/mol. The summed E-state index contributed by atoms with van der Waals surface area (Å²) in [6.07, 6.45) is 0.929. The molecule has 0 fully saturated rings. The van der Waals surface area contributed by atoms with Gasteiger partial charge in [-0.2, -0.15) is 0 Å². The second kappa shape index (κ2) is 8.89. The van der Waals surface area contributed by atoms with Gasteiger partial charge in [0.15, 0.2) is 0 Å². The molecule has 0 spiro atoms. The van der Waals surface area contributed by atoms with E-state index < -0.39 is 0 Å². The normalized spacial score (nSPS) is 10.8. The molecule has 0 bridgehead atoms. The minimum atomic E-state index is 0.0862. The zero-order valence-electron chi connectivity index (χ0n) is 9.59. The lowest BCUT2D eigenvalue weighted by molar-refractivity contribution is 0.0907. The number of aliphatic hydroxyl groups excluding tert-OH is 1. The summed E-state index contributed by atoms with van der Waals surface area (Å²) in [7, 11) is 0. The van der Waals surface area contributed by atoms with E-state index in [1.54, 1.807) is 0 Å². The summed E-state index contributed by atoms with van der Waals surface area (Å²) in [5.74, 6) is 0. The molecule has 2 N–H and O–H groups in total. The van der Waals surface area contributed by atoms with Gasteiger partial charge in [-0.3, -0.25) is 0 Å². The molecular weight excluding hydrogens is 305 g/mol. The molecule has 1 aromatic carbocycles. The molecule has 0 saturated heterocycles. The van der Waals surface area contributed by atoms with E-state index in [1.807, 2.05) is 18.2 Å². The molecule has 0 aliphatic rings. The maximum absolute atomic E-state index is 8.52. The van der Waals surface area contributed by atoms with Crippen LogP contribution in [0.2, 0.25) is 5.02 Å². The van der Waals surface area contributed by atoms with Crippen molar-refractivity contribution in [2.75, 3.05) is 26.4 Å². The van der Waals surface area contributed by atoms with Crippen molar-refractivity contribution in [2.45, 2.75) is 13.0 Å².